The van der Waals surface area contributed by atoms with Gasteiger partial charge in [0, 0.05) is 11.8 Å². The van der Waals surface area contributed by atoms with Gasteiger partial charge in [0.2, 0.25) is 0 Å². The summed E-state index contributed by atoms with van der Waals surface area (Å²) in [6.07, 6.45) is 2.78. The molecule has 4 nitrogen and oxygen atoms in total. The molecule has 0 N–H and O–H groups in total. The molecule has 0 atom stereocenters. The Morgan fingerprint density at radius 3 is 1.86 bits per heavy atom. The van der Waals surface area contributed by atoms with Crippen molar-refractivity contribution >= 4 is 11.0 Å². The molecule has 0 saturated carbocycles. The van der Waals surface area contributed by atoms with Crippen molar-refractivity contribution in [3.63, 3.8) is 0 Å². The first-order chi connectivity index (χ1) is 13.9. The average Bonchev–Trinajstić information content (AvgIpc) is 3.44. The molecule has 0 amide bonds. The summed E-state index contributed by atoms with van der Waals surface area (Å²) in [7, 11) is 0. The zero-order valence-corrected chi connectivity index (χ0v) is 15.5. The maximum absolute atomic E-state index is 5.30. The Morgan fingerprint density at radius 1 is 0.536 bits per heavy atom. The van der Waals surface area contributed by atoms with E-state index in [-0.39, 0.29) is 0 Å². The predicted octanol–water partition coefficient (Wildman–Crippen LogP) is 5.51. The van der Waals surface area contributed by atoms with E-state index in [0.717, 1.165) is 41.2 Å². The van der Waals surface area contributed by atoms with Crippen molar-refractivity contribution in [3.05, 3.63) is 90.7 Å². The van der Waals surface area contributed by atoms with E-state index in [1.807, 2.05) is 72.8 Å². The number of rotatable bonds is 0. The van der Waals surface area contributed by atoms with Crippen molar-refractivity contribution in [1.82, 2.24) is 0 Å². The molecule has 3 aromatic carbocycles. The summed E-state index contributed by atoms with van der Waals surface area (Å²) in [6.45, 7) is 2.19. The molecule has 2 aliphatic heterocycles. The van der Waals surface area contributed by atoms with Crippen LogP contribution >= 0.6 is 0 Å². The summed E-state index contributed by atoms with van der Waals surface area (Å²) in [6, 6.07) is 25.8. The van der Waals surface area contributed by atoms with Gasteiger partial charge >= 0.3 is 0 Å². The second-order valence-electron chi connectivity index (χ2n) is 6.31. The molecule has 6 rings (SSSR count). The highest BCUT2D eigenvalue weighted by atomic mass is 16.6. The smallest absolute Gasteiger partial charge is 0.161 e. The van der Waals surface area contributed by atoms with Crippen molar-refractivity contribution in [2.24, 2.45) is 0 Å². The lowest BCUT2D eigenvalue weighted by atomic mass is 10.2. The molecule has 0 unspecified atom stereocenters. The van der Waals surface area contributed by atoms with Gasteiger partial charge in [-0.25, -0.2) is 0 Å². The molecule has 0 bridgehead atoms. The normalized spacial score (nSPS) is 13.3. The van der Waals surface area contributed by atoms with E-state index in [1.54, 1.807) is 6.26 Å². The molecule has 0 aliphatic carbocycles. The van der Waals surface area contributed by atoms with Gasteiger partial charge in [-0.1, -0.05) is 48.5 Å². The zero-order valence-electron chi connectivity index (χ0n) is 15.5. The van der Waals surface area contributed by atoms with Gasteiger partial charge in [-0.2, -0.15) is 0 Å². The van der Waals surface area contributed by atoms with E-state index < -0.39 is 0 Å². The molecule has 4 heteroatoms. The molecule has 3 heterocycles. The second-order valence-corrected chi connectivity index (χ2v) is 6.31. The molecule has 28 heavy (non-hydrogen) atoms. The van der Waals surface area contributed by atoms with Gasteiger partial charge in [-0.15, -0.1) is 0 Å². The van der Waals surface area contributed by atoms with Crippen LogP contribution in [0.4, 0.5) is 0 Å². The first-order valence-corrected chi connectivity index (χ1v) is 9.38. The van der Waals surface area contributed by atoms with E-state index in [0.29, 0.717) is 13.2 Å². The van der Waals surface area contributed by atoms with Crippen LogP contribution in [-0.2, 0) is 6.42 Å². The van der Waals surface area contributed by atoms with E-state index >= 15 is 0 Å². The van der Waals surface area contributed by atoms with E-state index in [9.17, 15) is 0 Å². The SMILES string of the molecule is c1ccc2c(c1)CCO2.c1ccc2c(c1)OCCO2.c1ccc2occc2c1. The molecule has 0 spiro atoms. The Labute approximate surface area is 164 Å². The molecule has 0 saturated heterocycles. The fourth-order valence-electron chi connectivity index (χ4n) is 3.02. The van der Waals surface area contributed by atoms with Gasteiger partial charge in [0.1, 0.15) is 24.5 Å². The van der Waals surface area contributed by atoms with Crippen LogP contribution in [0.5, 0.6) is 17.2 Å². The van der Waals surface area contributed by atoms with E-state index in [4.69, 9.17) is 18.6 Å². The molecule has 0 radical (unpaired) electrons. The summed E-state index contributed by atoms with van der Waals surface area (Å²) in [5, 5.41) is 1.16. The van der Waals surface area contributed by atoms with Crippen LogP contribution in [0, 0.1) is 0 Å². The monoisotopic (exact) mass is 374 g/mol. The van der Waals surface area contributed by atoms with Gasteiger partial charge in [-0.3, -0.25) is 0 Å². The summed E-state index contributed by atoms with van der Waals surface area (Å²) < 4.78 is 21.0. The zero-order chi connectivity index (χ0) is 19.0. The molecular weight excluding hydrogens is 352 g/mol. The third-order valence-electron chi connectivity index (χ3n) is 4.41. The highest BCUT2D eigenvalue weighted by Crippen LogP contribution is 2.28. The van der Waals surface area contributed by atoms with Crippen LogP contribution in [0.25, 0.3) is 11.0 Å². The van der Waals surface area contributed by atoms with Gasteiger partial charge in [0.05, 0.1) is 12.9 Å². The van der Waals surface area contributed by atoms with Gasteiger partial charge in [0.25, 0.3) is 0 Å². The Balaban J connectivity index is 0.000000103. The third kappa shape index (κ3) is 4.46. The number of para-hydroxylation sites is 4. The van der Waals surface area contributed by atoms with Crippen molar-refractivity contribution in [1.29, 1.82) is 0 Å². The molecule has 2 aliphatic rings. The van der Waals surface area contributed by atoms with Gasteiger partial charge in [0.15, 0.2) is 11.5 Å². The molecular formula is C24H22O4. The third-order valence-corrected chi connectivity index (χ3v) is 4.41. The number of ether oxygens (including phenoxy) is 3. The largest absolute Gasteiger partial charge is 0.493 e. The summed E-state index contributed by atoms with van der Waals surface area (Å²) in [5.41, 5.74) is 2.30. The topological polar surface area (TPSA) is 40.8 Å². The van der Waals surface area contributed by atoms with E-state index in [2.05, 4.69) is 6.07 Å². The Kier molecular flexibility index (Phi) is 5.78. The van der Waals surface area contributed by atoms with E-state index in [1.165, 1.54) is 5.56 Å². The molecule has 0 fully saturated rings. The van der Waals surface area contributed by atoms with Crippen molar-refractivity contribution in [3.8, 4) is 17.2 Å². The lowest BCUT2D eigenvalue weighted by Gasteiger charge is -2.17. The van der Waals surface area contributed by atoms with Crippen molar-refractivity contribution in [2.45, 2.75) is 6.42 Å². The lowest BCUT2D eigenvalue weighted by Crippen LogP contribution is -2.14. The van der Waals surface area contributed by atoms with Crippen LogP contribution < -0.4 is 14.2 Å². The van der Waals surface area contributed by atoms with Crippen LogP contribution in [-0.4, -0.2) is 19.8 Å². The number of hydrogen-bond acceptors (Lipinski definition) is 4. The summed E-state index contributed by atoms with van der Waals surface area (Å²) in [4.78, 5) is 0. The Hall–Kier alpha value is -3.40. The fraction of sp³-hybridized carbons (Fsp3) is 0.167. The summed E-state index contributed by atoms with van der Waals surface area (Å²) >= 11 is 0. The Bertz CT molecular complexity index is 943. The quantitative estimate of drug-likeness (QED) is 0.407. The fourth-order valence-corrected chi connectivity index (χ4v) is 3.02. The standard InChI is InChI=1S/C8H8O2.C8H8O.C8H6O/c1-2-4-8-7(3-1)9-5-6-10-8;2*1-2-4-8-7(3-1)5-6-9-8/h1-4H,5-6H2;1-4H,5-6H2;1-6H. The van der Waals surface area contributed by atoms with Crippen LogP contribution in [0.3, 0.4) is 0 Å². The first kappa shape index (κ1) is 18.0. The minimum Gasteiger partial charge on any atom is -0.493 e. The number of hydrogen-bond donors (Lipinski definition) is 0. The Morgan fingerprint density at radius 2 is 1.14 bits per heavy atom. The van der Waals surface area contributed by atoms with Crippen LogP contribution in [0.1, 0.15) is 5.56 Å². The van der Waals surface area contributed by atoms with Gasteiger partial charge in [-0.05, 0) is 35.9 Å². The minimum absolute atomic E-state index is 0.664. The average molecular weight is 374 g/mol. The highest BCUT2D eigenvalue weighted by molar-refractivity contribution is 5.76. The van der Waals surface area contributed by atoms with Crippen molar-refractivity contribution in [2.75, 3.05) is 19.8 Å². The van der Waals surface area contributed by atoms with Crippen LogP contribution in [0.2, 0.25) is 0 Å². The van der Waals surface area contributed by atoms with Gasteiger partial charge < -0.3 is 18.6 Å². The number of furan rings is 1. The maximum Gasteiger partial charge on any atom is 0.161 e. The number of benzene rings is 3. The molecule has 4 aromatic rings. The van der Waals surface area contributed by atoms with Crippen molar-refractivity contribution < 1.29 is 18.6 Å². The highest BCUT2D eigenvalue weighted by Gasteiger charge is 2.09. The second kappa shape index (κ2) is 9.00. The first-order valence-electron chi connectivity index (χ1n) is 9.38. The molecule has 142 valence electrons. The lowest BCUT2D eigenvalue weighted by molar-refractivity contribution is 0.171. The predicted molar refractivity (Wildman–Crippen MR) is 109 cm³/mol. The van der Waals surface area contributed by atoms with Crippen LogP contribution in [0.15, 0.2) is 89.5 Å². The number of fused-ring (bicyclic) bond motifs is 3. The molecule has 1 aromatic heterocycles. The minimum atomic E-state index is 0.664. The summed E-state index contributed by atoms with van der Waals surface area (Å²) in [5.74, 6) is 2.78. The maximum atomic E-state index is 5.30.